The lowest BCUT2D eigenvalue weighted by atomic mass is 9.97. The van der Waals surface area contributed by atoms with Crippen LogP contribution in [0.1, 0.15) is 39.2 Å². The molecule has 1 saturated heterocycles. The number of benzene rings is 2. The molecule has 7 nitrogen and oxygen atoms in total. The van der Waals surface area contributed by atoms with Gasteiger partial charge in [0.25, 0.3) is 0 Å². The van der Waals surface area contributed by atoms with Crippen LogP contribution in [-0.2, 0) is 26.2 Å². The third-order valence-electron chi connectivity index (χ3n) is 5.38. The Kier molecular flexibility index (Phi) is 8.28. The molecule has 0 radical (unpaired) electrons. The summed E-state index contributed by atoms with van der Waals surface area (Å²) in [7, 11) is -3.59. The molecule has 0 aromatic heterocycles. The van der Waals surface area contributed by atoms with E-state index >= 15 is 0 Å². The second-order valence-electron chi connectivity index (χ2n) is 8.13. The van der Waals surface area contributed by atoms with Crippen LogP contribution in [0, 0.1) is 5.92 Å². The molecule has 0 unspecified atom stereocenters. The minimum Gasteiger partial charge on any atom is -0.494 e. The topological polar surface area (TPSA) is 84.9 Å². The van der Waals surface area contributed by atoms with Gasteiger partial charge >= 0.3 is 0 Å². The Hall–Kier alpha value is -2.42. The molecular formula is C24H32N2O5S. The second-order valence-corrected chi connectivity index (χ2v) is 10.1. The summed E-state index contributed by atoms with van der Waals surface area (Å²) < 4.78 is 38.3. The van der Waals surface area contributed by atoms with Gasteiger partial charge in [-0.05, 0) is 75.6 Å². The summed E-state index contributed by atoms with van der Waals surface area (Å²) in [6, 6.07) is 14.1. The molecular weight excluding hydrogens is 428 g/mol. The van der Waals surface area contributed by atoms with Crippen molar-refractivity contribution in [3.8, 4) is 5.75 Å². The van der Waals surface area contributed by atoms with Crippen LogP contribution in [0.5, 0.6) is 5.75 Å². The van der Waals surface area contributed by atoms with Crippen LogP contribution in [0.2, 0.25) is 0 Å². The lowest BCUT2D eigenvalue weighted by molar-refractivity contribution is -0.120. The van der Waals surface area contributed by atoms with Gasteiger partial charge in [0.15, 0.2) is 0 Å². The van der Waals surface area contributed by atoms with E-state index < -0.39 is 10.0 Å². The maximum absolute atomic E-state index is 12.9. The normalized spacial score (nSPS) is 15.6. The molecule has 1 amide bonds. The minimum atomic E-state index is -3.59. The zero-order valence-electron chi connectivity index (χ0n) is 18.9. The number of rotatable bonds is 9. The molecule has 1 fully saturated rings. The molecule has 1 aliphatic rings. The molecule has 0 spiro atoms. The van der Waals surface area contributed by atoms with Gasteiger partial charge in [0, 0.05) is 24.7 Å². The van der Waals surface area contributed by atoms with Crippen LogP contribution < -0.4 is 10.1 Å². The molecule has 8 heteroatoms. The van der Waals surface area contributed by atoms with Crippen LogP contribution >= 0.6 is 0 Å². The fraction of sp³-hybridized carbons (Fsp3) is 0.458. The van der Waals surface area contributed by atoms with E-state index in [4.69, 9.17) is 9.47 Å². The van der Waals surface area contributed by atoms with Crippen molar-refractivity contribution in [1.82, 2.24) is 4.31 Å². The standard InChI is InChI=1S/C24H32N2O5S/c1-4-30-22-8-10-23(11-9-22)32(28,29)26-14-12-20(13-15-26)24(27)25-21-7-5-6-19(16-21)17-31-18(2)3/h5-11,16,18,20H,4,12-15,17H2,1-3H3,(H,25,27). The number of hydrogen-bond donors (Lipinski definition) is 1. The second kappa shape index (κ2) is 10.9. The van der Waals surface area contributed by atoms with Gasteiger partial charge in [0.2, 0.25) is 15.9 Å². The smallest absolute Gasteiger partial charge is 0.243 e. The van der Waals surface area contributed by atoms with Crippen LogP contribution in [0.25, 0.3) is 0 Å². The number of carbonyl (C=O) groups is 1. The highest BCUT2D eigenvalue weighted by Crippen LogP contribution is 2.26. The maximum atomic E-state index is 12.9. The molecule has 1 heterocycles. The first-order valence-electron chi connectivity index (χ1n) is 11.0. The number of nitrogens with zero attached hydrogens (tertiary/aromatic N) is 1. The first-order chi connectivity index (χ1) is 15.3. The molecule has 2 aromatic rings. The predicted octanol–water partition coefficient (Wildman–Crippen LogP) is 4.05. The average Bonchev–Trinajstić information content (AvgIpc) is 2.78. The van der Waals surface area contributed by atoms with Crippen LogP contribution in [-0.4, -0.2) is 44.4 Å². The lowest BCUT2D eigenvalue weighted by Crippen LogP contribution is -2.41. The molecule has 0 atom stereocenters. The molecule has 2 aromatic carbocycles. The van der Waals surface area contributed by atoms with E-state index in [9.17, 15) is 13.2 Å². The highest BCUT2D eigenvalue weighted by atomic mass is 32.2. The number of anilines is 1. The lowest BCUT2D eigenvalue weighted by Gasteiger charge is -2.30. The summed E-state index contributed by atoms with van der Waals surface area (Å²) in [5, 5.41) is 2.97. The Balaban J connectivity index is 1.56. The molecule has 174 valence electrons. The summed E-state index contributed by atoms with van der Waals surface area (Å²) >= 11 is 0. The number of sulfonamides is 1. The van der Waals surface area contributed by atoms with Crippen molar-refractivity contribution < 1.29 is 22.7 Å². The molecule has 0 aliphatic carbocycles. The van der Waals surface area contributed by atoms with E-state index in [0.717, 1.165) is 11.3 Å². The highest BCUT2D eigenvalue weighted by molar-refractivity contribution is 7.89. The number of carbonyl (C=O) groups excluding carboxylic acids is 1. The number of nitrogens with one attached hydrogen (secondary N) is 1. The summed E-state index contributed by atoms with van der Waals surface area (Å²) in [6.07, 6.45) is 1.11. The summed E-state index contributed by atoms with van der Waals surface area (Å²) in [6.45, 7) is 7.48. The van der Waals surface area contributed by atoms with Crippen molar-refractivity contribution in [3.63, 3.8) is 0 Å². The molecule has 1 aliphatic heterocycles. The highest BCUT2D eigenvalue weighted by Gasteiger charge is 2.32. The number of hydrogen-bond acceptors (Lipinski definition) is 5. The first kappa shape index (κ1) is 24.2. The average molecular weight is 461 g/mol. The van der Waals surface area contributed by atoms with E-state index in [2.05, 4.69) is 5.32 Å². The quantitative estimate of drug-likeness (QED) is 0.610. The van der Waals surface area contributed by atoms with Crippen LogP contribution in [0.15, 0.2) is 53.4 Å². The van der Waals surface area contributed by atoms with Gasteiger partial charge in [0.05, 0.1) is 24.2 Å². The molecule has 0 bridgehead atoms. The van der Waals surface area contributed by atoms with Gasteiger partial charge in [-0.15, -0.1) is 0 Å². The molecule has 1 N–H and O–H groups in total. The van der Waals surface area contributed by atoms with Crippen molar-refractivity contribution in [1.29, 1.82) is 0 Å². The molecule has 32 heavy (non-hydrogen) atoms. The third-order valence-corrected chi connectivity index (χ3v) is 7.29. The zero-order valence-corrected chi connectivity index (χ0v) is 19.7. The van der Waals surface area contributed by atoms with Crippen molar-refractivity contribution >= 4 is 21.6 Å². The van der Waals surface area contributed by atoms with E-state index in [1.165, 1.54) is 4.31 Å². The Labute approximate surface area is 190 Å². The predicted molar refractivity (Wildman–Crippen MR) is 124 cm³/mol. The summed E-state index contributed by atoms with van der Waals surface area (Å²) in [5.74, 6) is 0.337. The van der Waals surface area contributed by atoms with Crippen LogP contribution in [0.4, 0.5) is 5.69 Å². The SMILES string of the molecule is CCOc1ccc(S(=O)(=O)N2CCC(C(=O)Nc3cccc(COC(C)C)c3)CC2)cc1. The van der Waals surface area contributed by atoms with Gasteiger partial charge in [-0.25, -0.2) is 8.42 Å². The summed E-state index contributed by atoms with van der Waals surface area (Å²) in [5.41, 5.74) is 1.72. The minimum absolute atomic E-state index is 0.0787. The largest absolute Gasteiger partial charge is 0.494 e. The van der Waals surface area contributed by atoms with Gasteiger partial charge < -0.3 is 14.8 Å². The van der Waals surface area contributed by atoms with Crippen molar-refractivity contribution in [3.05, 3.63) is 54.1 Å². The first-order valence-corrected chi connectivity index (χ1v) is 12.5. The fourth-order valence-electron chi connectivity index (χ4n) is 3.63. The molecule has 3 rings (SSSR count). The van der Waals surface area contributed by atoms with Gasteiger partial charge in [-0.3, -0.25) is 4.79 Å². The Morgan fingerprint density at radius 3 is 2.44 bits per heavy atom. The van der Waals surface area contributed by atoms with Gasteiger partial charge in [0.1, 0.15) is 5.75 Å². The fourth-order valence-corrected chi connectivity index (χ4v) is 5.10. The monoisotopic (exact) mass is 460 g/mol. The Morgan fingerprint density at radius 2 is 1.81 bits per heavy atom. The van der Waals surface area contributed by atoms with Gasteiger partial charge in [-0.1, -0.05) is 12.1 Å². The van der Waals surface area contributed by atoms with Crippen molar-refractivity contribution in [2.75, 3.05) is 25.0 Å². The molecule has 0 saturated carbocycles. The van der Waals surface area contributed by atoms with E-state index in [-0.39, 0.29) is 22.8 Å². The van der Waals surface area contributed by atoms with E-state index in [0.29, 0.717) is 44.9 Å². The number of piperidine rings is 1. The summed E-state index contributed by atoms with van der Waals surface area (Å²) in [4.78, 5) is 13.0. The Morgan fingerprint density at radius 1 is 1.12 bits per heavy atom. The third kappa shape index (κ3) is 6.31. The van der Waals surface area contributed by atoms with Gasteiger partial charge in [-0.2, -0.15) is 4.31 Å². The number of amides is 1. The van der Waals surface area contributed by atoms with Crippen molar-refractivity contribution in [2.24, 2.45) is 5.92 Å². The van der Waals surface area contributed by atoms with E-state index in [1.807, 2.05) is 45.0 Å². The van der Waals surface area contributed by atoms with Crippen LogP contribution in [0.3, 0.4) is 0 Å². The zero-order chi connectivity index (χ0) is 23.1. The number of ether oxygens (including phenoxy) is 2. The van der Waals surface area contributed by atoms with Crippen molar-refractivity contribution in [2.45, 2.75) is 51.2 Å². The Bertz CT molecular complexity index is 997. The maximum Gasteiger partial charge on any atom is 0.243 e. The van der Waals surface area contributed by atoms with E-state index in [1.54, 1.807) is 24.3 Å².